The molecule has 3 aromatic rings. The van der Waals surface area contributed by atoms with Gasteiger partial charge in [-0.2, -0.15) is 13.2 Å². The van der Waals surface area contributed by atoms with Gasteiger partial charge in [0.2, 0.25) is 11.9 Å². The molecule has 2 aromatic heterocycles. The summed E-state index contributed by atoms with van der Waals surface area (Å²) in [7, 11) is 1.19. The fraction of sp³-hybridized carbons (Fsp3) is 0.190. The molecule has 0 atom stereocenters. The molecule has 0 saturated heterocycles. The van der Waals surface area contributed by atoms with Crippen molar-refractivity contribution in [2.75, 3.05) is 17.7 Å². The zero-order chi connectivity index (χ0) is 23.3. The fourth-order valence-electron chi connectivity index (χ4n) is 2.76. The van der Waals surface area contributed by atoms with E-state index in [1.807, 2.05) is 13.0 Å². The summed E-state index contributed by atoms with van der Waals surface area (Å²) in [5.41, 5.74) is 1.73. The van der Waals surface area contributed by atoms with Crippen LogP contribution in [0.4, 0.5) is 30.6 Å². The Labute approximate surface area is 180 Å². The first-order valence-corrected chi connectivity index (χ1v) is 9.26. The number of amides is 1. The van der Waals surface area contributed by atoms with Gasteiger partial charge in [-0.15, -0.1) is 0 Å². The Bertz CT molecular complexity index is 1130. The van der Waals surface area contributed by atoms with E-state index >= 15 is 0 Å². The topological polar surface area (TPSA) is 106 Å². The number of halogens is 3. The number of esters is 1. The Balaban J connectivity index is 1.77. The maximum Gasteiger partial charge on any atom is 0.433 e. The summed E-state index contributed by atoms with van der Waals surface area (Å²) in [5.74, 6) is -1.15. The number of carbonyl (C=O) groups excluding carboxylic acids is 2. The Morgan fingerprint density at radius 1 is 1.06 bits per heavy atom. The lowest BCUT2D eigenvalue weighted by molar-refractivity contribution is -0.143. The maximum absolute atomic E-state index is 12.9. The Morgan fingerprint density at radius 2 is 1.84 bits per heavy atom. The normalized spacial score (nSPS) is 11.0. The number of nitrogens with one attached hydrogen (secondary N) is 2. The van der Waals surface area contributed by atoms with Crippen molar-refractivity contribution in [2.24, 2.45) is 0 Å². The minimum absolute atomic E-state index is 0.182. The van der Waals surface area contributed by atoms with Crippen molar-refractivity contribution in [3.05, 3.63) is 60.0 Å². The first-order valence-electron chi connectivity index (χ1n) is 9.26. The number of methoxy groups -OCH3 is 1. The molecule has 3 rings (SSSR count). The second kappa shape index (κ2) is 9.41. The highest BCUT2D eigenvalue weighted by Gasteiger charge is 2.32. The monoisotopic (exact) mass is 445 g/mol. The highest BCUT2D eigenvalue weighted by Crippen LogP contribution is 2.29. The van der Waals surface area contributed by atoms with Crippen molar-refractivity contribution in [1.82, 2.24) is 15.0 Å². The molecule has 1 aromatic carbocycles. The van der Waals surface area contributed by atoms with Crippen LogP contribution in [-0.2, 0) is 20.5 Å². The van der Waals surface area contributed by atoms with Crippen LogP contribution in [0.15, 0.2) is 48.8 Å². The second-order valence-electron chi connectivity index (χ2n) is 6.71. The van der Waals surface area contributed by atoms with Gasteiger partial charge >= 0.3 is 12.1 Å². The van der Waals surface area contributed by atoms with Gasteiger partial charge in [-0.05, 0) is 48.4 Å². The largest absolute Gasteiger partial charge is 0.469 e. The van der Waals surface area contributed by atoms with E-state index < -0.39 is 30.2 Å². The van der Waals surface area contributed by atoms with Crippen LogP contribution in [0.3, 0.4) is 0 Å². The molecule has 0 bridgehead atoms. The first kappa shape index (κ1) is 22.7. The molecule has 0 aliphatic carbocycles. The molecule has 166 valence electrons. The zero-order valence-electron chi connectivity index (χ0n) is 17.0. The highest BCUT2D eigenvalue weighted by molar-refractivity contribution is 6.01. The molecule has 0 radical (unpaired) electrons. The average Bonchev–Trinajstić information content (AvgIpc) is 2.73. The van der Waals surface area contributed by atoms with E-state index in [0.29, 0.717) is 11.3 Å². The highest BCUT2D eigenvalue weighted by atomic mass is 19.4. The number of alkyl halides is 3. The van der Waals surface area contributed by atoms with Crippen LogP contribution in [0.25, 0.3) is 11.1 Å². The van der Waals surface area contributed by atoms with Crippen molar-refractivity contribution in [3.8, 4) is 11.1 Å². The van der Waals surface area contributed by atoms with Gasteiger partial charge in [0.1, 0.15) is 17.9 Å². The standard InChI is InChI=1S/C21H18F3N5O3/c1-12-7-14(13-3-4-17(26-11-13)29-18(30)10-19(31)32-2)9-15(8-12)27-20-25-6-5-16(28-20)21(22,23)24/h3-9,11H,10H2,1-2H3,(H,25,27,28)(H,26,29,30). The van der Waals surface area contributed by atoms with E-state index in [-0.39, 0.29) is 11.8 Å². The summed E-state index contributed by atoms with van der Waals surface area (Å²) in [6, 6.07) is 9.38. The molecule has 8 nitrogen and oxygen atoms in total. The van der Waals surface area contributed by atoms with Gasteiger partial charge in [0.05, 0.1) is 7.11 Å². The molecule has 11 heteroatoms. The number of aryl methyl sites for hydroxylation is 1. The van der Waals surface area contributed by atoms with E-state index in [1.54, 1.807) is 24.3 Å². The van der Waals surface area contributed by atoms with Crippen molar-refractivity contribution in [2.45, 2.75) is 19.5 Å². The maximum atomic E-state index is 12.9. The summed E-state index contributed by atoms with van der Waals surface area (Å²) in [4.78, 5) is 34.4. The number of nitrogens with zero attached hydrogens (tertiary/aromatic N) is 3. The molecular weight excluding hydrogens is 427 g/mol. The van der Waals surface area contributed by atoms with Gasteiger partial charge in [0.15, 0.2) is 0 Å². The van der Waals surface area contributed by atoms with Gasteiger partial charge in [0.25, 0.3) is 0 Å². The summed E-state index contributed by atoms with van der Waals surface area (Å²) in [5, 5.41) is 5.27. The number of benzene rings is 1. The summed E-state index contributed by atoms with van der Waals surface area (Å²) >= 11 is 0. The van der Waals surface area contributed by atoms with Gasteiger partial charge in [-0.1, -0.05) is 6.07 Å². The van der Waals surface area contributed by atoms with E-state index in [0.717, 1.165) is 23.4 Å². The summed E-state index contributed by atoms with van der Waals surface area (Å²) in [6.45, 7) is 1.83. The molecule has 1 amide bonds. The molecular formula is C21H18F3N5O3. The third-order valence-electron chi connectivity index (χ3n) is 4.18. The van der Waals surface area contributed by atoms with Crippen LogP contribution in [-0.4, -0.2) is 33.9 Å². The molecule has 0 aliphatic heterocycles. The number of hydrogen-bond acceptors (Lipinski definition) is 7. The lowest BCUT2D eigenvalue weighted by Gasteiger charge is -2.11. The van der Waals surface area contributed by atoms with Gasteiger partial charge < -0.3 is 15.4 Å². The van der Waals surface area contributed by atoms with Crippen molar-refractivity contribution in [1.29, 1.82) is 0 Å². The number of hydrogen-bond donors (Lipinski definition) is 2. The third-order valence-corrected chi connectivity index (χ3v) is 4.18. The Kier molecular flexibility index (Phi) is 6.67. The van der Waals surface area contributed by atoms with E-state index in [4.69, 9.17) is 0 Å². The molecule has 0 spiro atoms. The van der Waals surface area contributed by atoms with Crippen LogP contribution in [0.1, 0.15) is 17.7 Å². The van der Waals surface area contributed by atoms with E-state index in [2.05, 4.69) is 30.3 Å². The first-order chi connectivity index (χ1) is 15.1. The Morgan fingerprint density at radius 3 is 2.50 bits per heavy atom. The number of rotatable bonds is 6. The number of anilines is 3. The minimum atomic E-state index is -4.57. The average molecular weight is 445 g/mol. The number of aromatic nitrogens is 3. The predicted octanol–water partition coefficient (Wildman–Crippen LogP) is 4.11. The quantitative estimate of drug-likeness (QED) is 0.434. The van der Waals surface area contributed by atoms with Gasteiger partial charge in [-0.3, -0.25) is 9.59 Å². The fourth-order valence-corrected chi connectivity index (χ4v) is 2.76. The second-order valence-corrected chi connectivity index (χ2v) is 6.71. The SMILES string of the molecule is COC(=O)CC(=O)Nc1ccc(-c2cc(C)cc(Nc3nccc(C(F)(F)F)n3)c2)cn1. The summed E-state index contributed by atoms with van der Waals surface area (Å²) in [6.07, 6.45) is -2.44. The lowest BCUT2D eigenvalue weighted by Crippen LogP contribution is -2.17. The lowest BCUT2D eigenvalue weighted by atomic mass is 10.0. The van der Waals surface area contributed by atoms with Crippen LogP contribution in [0.5, 0.6) is 0 Å². The third kappa shape index (κ3) is 6.00. The summed E-state index contributed by atoms with van der Waals surface area (Å²) < 4.78 is 43.1. The molecule has 2 N–H and O–H groups in total. The molecule has 0 saturated carbocycles. The van der Waals surface area contributed by atoms with Gasteiger partial charge in [0, 0.05) is 23.6 Å². The number of pyridine rings is 1. The molecule has 0 fully saturated rings. The van der Waals surface area contributed by atoms with Crippen LogP contribution >= 0.6 is 0 Å². The Hall–Kier alpha value is -4.02. The van der Waals surface area contributed by atoms with E-state index in [1.165, 1.54) is 13.3 Å². The number of ether oxygens (including phenoxy) is 1. The molecule has 32 heavy (non-hydrogen) atoms. The minimum Gasteiger partial charge on any atom is -0.469 e. The van der Waals surface area contributed by atoms with Crippen molar-refractivity contribution in [3.63, 3.8) is 0 Å². The predicted molar refractivity (Wildman–Crippen MR) is 110 cm³/mol. The number of carbonyl (C=O) groups is 2. The van der Waals surface area contributed by atoms with Crippen LogP contribution < -0.4 is 10.6 Å². The van der Waals surface area contributed by atoms with Gasteiger partial charge in [-0.25, -0.2) is 15.0 Å². The van der Waals surface area contributed by atoms with Crippen molar-refractivity contribution >= 4 is 29.3 Å². The zero-order valence-corrected chi connectivity index (χ0v) is 17.0. The molecule has 0 aliphatic rings. The van der Waals surface area contributed by atoms with Crippen molar-refractivity contribution < 1.29 is 27.5 Å². The molecule has 2 heterocycles. The smallest absolute Gasteiger partial charge is 0.433 e. The van der Waals surface area contributed by atoms with E-state index in [9.17, 15) is 22.8 Å². The van der Waals surface area contributed by atoms with Crippen LogP contribution in [0, 0.1) is 6.92 Å². The molecule has 0 unspecified atom stereocenters. The van der Waals surface area contributed by atoms with Crippen LogP contribution in [0.2, 0.25) is 0 Å².